The van der Waals surface area contributed by atoms with E-state index in [4.69, 9.17) is 0 Å². The van der Waals surface area contributed by atoms with Crippen molar-refractivity contribution >= 4 is 0 Å². The Bertz CT molecular complexity index is 450. The first kappa shape index (κ1) is 11.8. The van der Waals surface area contributed by atoms with Crippen LogP contribution in [0.25, 0.3) is 0 Å². The lowest BCUT2D eigenvalue weighted by Crippen LogP contribution is -2.07. The molecule has 2 heteroatoms. The molecular formula is C15H15FO. The van der Waals surface area contributed by atoms with Gasteiger partial charge in [-0.2, -0.15) is 0 Å². The predicted molar refractivity (Wildman–Crippen MR) is 66.4 cm³/mol. The number of aliphatic hydroxyl groups excluding tert-OH is 1. The van der Waals surface area contributed by atoms with E-state index in [9.17, 15) is 9.50 Å². The topological polar surface area (TPSA) is 20.2 Å². The zero-order chi connectivity index (χ0) is 12.1. The second kappa shape index (κ2) is 5.60. The van der Waals surface area contributed by atoms with Crippen LogP contribution in [0.2, 0.25) is 0 Å². The highest BCUT2D eigenvalue weighted by molar-refractivity contribution is 5.24. The zero-order valence-electron chi connectivity index (χ0n) is 9.51. The number of halogens is 1. The molecule has 1 atom stereocenters. The second-order valence-corrected chi connectivity index (χ2v) is 4.12. The van der Waals surface area contributed by atoms with Crippen molar-refractivity contribution < 1.29 is 9.50 Å². The first-order chi connectivity index (χ1) is 8.29. The van der Waals surface area contributed by atoms with Crippen LogP contribution >= 0.6 is 0 Å². The van der Waals surface area contributed by atoms with E-state index >= 15 is 0 Å². The fourth-order valence-corrected chi connectivity index (χ4v) is 1.92. The maximum absolute atomic E-state index is 12.8. The Hall–Kier alpha value is -1.67. The van der Waals surface area contributed by atoms with E-state index < -0.39 is 0 Å². The average molecular weight is 230 g/mol. The molecule has 0 saturated carbocycles. The van der Waals surface area contributed by atoms with E-state index in [1.54, 1.807) is 12.1 Å². The lowest BCUT2D eigenvalue weighted by atomic mass is 9.93. The summed E-state index contributed by atoms with van der Waals surface area (Å²) in [6.07, 6.45) is 0.723. The average Bonchev–Trinajstić information content (AvgIpc) is 2.39. The Balaban J connectivity index is 2.13. The summed E-state index contributed by atoms with van der Waals surface area (Å²) in [4.78, 5) is 0. The van der Waals surface area contributed by atoms with Crippen LogP contribution < -0.4 is 0 Å². The third-order valence-electron chi connectivity index (χ3n) is 2.89. The van der Waals surface area contributed by atoms with Gasteiger partial charge < -0.3 is 5.11 Å². The number of hydrogen-bond donors (Lipinski definition) is 1. The lowest BCUT2D eigenvalue weighted by molar-refractivity contribution is 0.264. The molecule has 0 saturated heterocycles. The Morgan fingerprint density at radius 1 is 0.941 bits per heavy atom. The molecule has 0 heterocycles. The van der Waals surface area contributed by atoms with Crippen LogP contribution in [0.15, 0.2) is 54.6 Å². The zero-order valence-corrected chi connectivity index (χ0v) is 9.51. The fraction of sp³-hybridized carbons (Fsp3) is 0.200. The van der Waals surface area contributed by atoms with Crippen molar-refractivity contribution in [1.82, 2.24) is 0 Å². The van der Waals surface area contributed by atoms with Gasteiger partial charge in [0.1, 0.15) is 5.82 Å². The van der Waals surface area contributed by atoms with Gasteiger partial charge in [-0.15, -0.1) is 0 Å². The van der Waals surface area contributed by atoms with E-state index in [2.05, 4.69) is 0 Å². The fourth-order valence-electron chi connectivity index (χ4n) is 1.92. The Morgan fingerprint density at radius 3 is 2.18 bits per heavy atom. The van der Waals surface area contributed by atoms with Gasteiger partial charge in [-0.1, -0.05) is 42.5 Å². The predicted octanol–water partition coefficient (Wildman–Crippen LogP) is 3.14. The molecule has 1 unspecified atom stereocenters. The molecule has 0 spiro atoms. The van der Waals surface area contributed by atoms with Gasteiger partial charge in [0.05, 0.1) is 6.61 Å². The van der Waals surface area contributed by atoms with Gasteiger partial charge in [0.25, 0.3) is 0 Å². The maximum Gasteiger partial charge on any atom is 0.123 e. The molecule has 0 aliphatic rings. The quantitative estimate of drug-likeness (QED) is 0.855. The number of hydrogen-bond acceptors (Lipinski definition) is 1. The Kier molecular flexibility index (Phi) is 3.89. The molecule has 0 aliphatic carbocycles. The van der Waals surface area contributed by atoms with Crippen molar-refractivity contribution in [2.75, 3.05) is 6.61 Å². The SMILES string of the molecule is OCC(Cc1ccc(F)cc1)c1ccccc1. The molecule has 0 aliphatic heterocycles. The normalized spacial score (nSPS) is 12.4. The summed E-state index contributed by atoms with van der Waals surface area (Å²) < 4.78 is 12.8. The van der Waals surface area contributed by atoms with E-state index in [1.165, 1.54) is 12.1 Å². The maximum atomic E-state index is 12.8. The molecule has 0 amide bonds. The van der Waals surface area contributed by atoms with Crippen LogP contribution in [-0.2, 0) is 6.42 Å². The molecule has 0 fully saturated rings. The summed E-state index contributed by atoms with van der Waals surface area (Å²) in [6.45, 7) is 0.0986. The molecule has 2 rings (SSSR count). The number of benzene rings is 2. The monoisotopic (exact) mass is 230 g/mol. The van der Waals surface area contributed by atoms with E-state index in [0.717, 1.165) is 17.5 Å². The van der Waals surface area contributed by atoms with Gasteiger partial charge in [-0.25, -0.2) is 4.39 Å². The van der Waals surface area contributed by atoms with Gasteiger partial charge in [-0.3, -0.25) is 0 Å². The summed E-state index contributed by atoms with van der Waals surface area (Å²) in [5.41, 5.74) is 2.15. The van der Waals surface area contributed by atoms with E-state index in [-0.39, 0.29) is 18.3 Å². The van der Waals surface area contributed by atoms with Crippen LogP contribution in [0.3, 0.4) is 0 Å². The van der Waals surface area contributed by atoms with E-state index in [1.807, 2.05) is 30.3 Å². The minimum atomic E-state index is -0.228. The molecular weight excluding hydrogens is 215 g/mol. The summed E-state index contributed by atoms with van der Waals surface area (Å²) in [5, 5.41) is 9.42. The minimum Gasteiger partial charge on any atom is -0.396 e. The third kappa shape index (κ3) is 3.14. The second-order valence-electron chi connectivity index (χ2n) is 4.12. The lowest BCUT2D eigenvalue weighted by Gasteiger charge is -2.14. The smallest absolute Gasteiger partial charge is 0.123 e. The van der Waals surface area contributed by atoms with Crippen LogP contribution in [0.1, 0.15) is 17.0 Å². The Labute approximate surface area is 101 Å². The molecule has 0 aromatic heterocycles. The van der Waals surface area contributed by atoms with Gasteiger partial charge >= 0.3 is 0 Å². The van der Waals surface area contributed by atoms with E-state index in [0.29, 0.717) is 0 Å². The highest BCUT2D eigenvalue weighted by atomic mass is 19.1. The molecule has 0 radical (unpaired) electrons. The van der Waals surface area contributed by atoms with Crippen molar-refractivity contribution in [3.05, 3.63) is 71.5 Å². The molecule has 2 aromatic rings. The summed E-state index contributed by atoms with van der Waals surface area (Å²) in [6, 6.07) is 16.3. The van der Waals surface area contributed by atoms with Crippen LogP contribution in [-0.4, -0.2) is 11.7 Å². The largest absolute Gasteiger partial charge is 0.396 e. The highest BCUT2D eigenvalue weighted by Gasteiger charge is 2.10. The van der Waals surface area contributed by atoms with Crippen LogP contribution in [0, 0.1) is 5.82 Å². The molecule has 88 valence electrons. The Morgan fingerprint density at radius 2 is 1.59 bits per heavy atom. The van der Waals surface area contributed by atoms with Gasteiger partial charge in [0, 0.05) is 5.92 Å². The molecule has 1 nitrogen and oxygen atoms in total. The highest BCUT2D eigenvalue weighted by Crippen LogP contribution is 2.20. The first-order valence-corrected chi connectivity index (χ1v) is 5.70. The van der Waals surface area contributed by atoms with Gasteiger partial charge in [0.15, 0.2) is 0 Å². The van der Waals surface area contributed by atoms with Gasteiger partial charge in [0.2, 0.25) is 0 Å². The van der Waals surface area contributed by atoms with Crippen molar-refractivity contribution in [3.8, 4) is 0 Å². The van der Waals surface area contributed by atoms with Crippen molar-refractivity contribution in [1.29, 1.82) is 0 Å². The van der Waals surface area contributed by atoms with Crippen LogP contribution in [0.5, 0.6) is 0 Å². The van der Waals surface area contributed by atoms with Crippen LogP contribution in [0.4, 0.5) is 4.39 Å². The third-order valence-corrected chi connectivity index (χ3v) is 2.89. The molecule has 0 bridgehead atoms. The molecule has 17 heavy (non-hydrogen) atoms. The summed E-state index contributed by atoms with van der Waals surface area (Å²) >= 11 is 0. The number of rotatable bonds is 4. The summed E-state index contributed by atoms with van der Waals surface area (Å²) in [5.74, 6) is -0.157. The minimum absolute atomic E-state index is 0.0710. The molecule has 2 aromatic carbocycles. The van der Waals surface area contributed by atoms with Crippen molar-refractivity contribution in [2.24, 2.45) is 0 Å². The number of aliphatic hydroxyl groups is 1. The standard InChI is InChI=1S/C15H15FO/c16-15-8-6-12(7-9-15)10-14(11-17)13-4-2-1-3-5-13/h1-9,14,17H,10-11H2. The first-order valence-electron chi connectivity index (χ1n) is 5.70. The molecule has 1 N–H and O–H groups in total. The summed E-state index contributed by atoms with van der Waals surface area (Å²) in [7, 11) is 0. The van der Waals surface area contributed by atoms with Crippen molar-refractivity contribution in [2.45, 2.75) is 12.3 Å². The van der Waals surface area contributed by atoms with Crippen molar-refractivity contribution in [3.63, 3.8) is 0 Å². The van der Waals surface area contributed by atoms with Gasteiger partial charge in [-0.05, 0) is 29.7 Å².